The van der Waals surface area contributed by atoms with E-state index in [0.717, 1.165) is 10.4 Å². The van der Waals surface area contributed by atoms with Gasteiger partial charge in [-0.25, -0.2) is 12.8 Å². The third-order valence-electron chi connectivity index (χ3n) is 3.09. The summed E-state index contributed by atoms with van der Waals surface area (Å²) in [6, 6.07) is 11.0. The molecule has 0 aliphatic rings. The van der Waals surface area contributed by atoms with Crippen molar-refractivity contribution < 1.29 is 17.6 Å². The fourth-order valence-corrected chi connectivity index (χ4v) is 3.02. The average molecular weight is 307 g/mol. The van der Waals surface area contributed by atoms with Crippen molar-refractivity contribution in [3.05, 3.63) is 59.9 Å². The third-order valence-corrected chi connectivity index (χ3v) is 4.89. The molecule has 0 aromatic heterocycles. The number of hydrogen-bond donors (Lipinski definition) is 0. The molecule has 2 rings (SSSR count). The maximum atomic E-state index is 13.2. The standard InChI is InChI=1S/C15H14FNO3S/c1-11(18)12-6-8-15(9-7-12)21(19,20)17(2)14-5-3-4-13(16)10-14/h3-10H,1-2H3. The molecule has 0 aliphatic carbocycles. The van der Waals surface area contributed by atoms with Gasteiger partial charge in [0.25, 0.3) is 10.0 Å². The third kappa shape index (κ3) is 3.11. The predicted octanol–water partition coefficient (Wildman–Crippen LogP) is 2.85. The summed E-state index contributed by atoms with van der Waals surface area (Å²) in [5, 5.41) is 0. The number of carbonyl (C=O) groups is 1. The van der Waals surface area contributed by atoms with Gasteiger partial charge in [-0.3, -0.25) is 9.10 Å². The van der Waals surface area contributed by atoms with E-state index >= 15 is 0 Å². The highest BCUT2D eigenvalue weighted by Gasteiger charge is 2.21. The fraction of sp³-hybridized carbons (Fsp3) is 0.133. The van der Waals surface area contributed by atoms with Crippen LogP contribution in [0.2, 0.25) is 0 Å². The number of carbonyl (C=O) groups excluding carboxylic acids is 1. The molecule has 0 saturated heterocycles. The number of Topliss-reactive ketones (excluding diaryl/α,β-unsaturated/α-hetero) is 1. The van der Waals surface area contributed by atoms with Crippen LogP contribution in [0.4, 0.5) is 10.1 Å². The van der Waals surface area contributed by atoms with Gasteiger partial charge in [-0.15, -0.1) is 0 Å². The first-order valence-electron chi connectivity index (χ1n) is 6.18. The van der Waals surface area contributed by atoms with Gasteiger partial charge in [0.05, 0.1) is 10.6 Å². The van der Waals surface area contributed by atoms with Crippen LogP contribution in [0.3, 0.4) is 0 Å². The van der Waals surface area contributed by atoms with Crippen LogP contribution >= 0.6 is 0 Å². The molecule has 0 radical (unpaired) electrons. The van der Waals surface area contributed by atoms with E-state index in [1.54, 1.807) is 0 Å². The van der Waals surface area contributed by atoms with Gasteiger partial charge in [0.1, 0.15) is 5.82 Å². The lowest BCUT2D eigenvalue weighted by Crippen LogP contribution is -2.26. The maximum absolute atomic E-state index is 13.2. The topological polar surface area (TPSA) is 54.5 Å². The summed E-state index contributed by atoms with van der Waals surface area (Å²) in [5.74, 6) is -0.654. The normalized spacial score (nSPS) is 11.2. The van der Waals surface area contributed by atoms with Gasteiger partial charge in [-0.1, -0.05) is 18.2 Å². The molecule has 6 heteroatoms. The largest absolute Gasteiger partial charge is 0.295 e. The Morgan fingerprint density at radius 3 is 2.24 bits per heavy atom. The summed E-state index contributed by atoms with van der Waals surface area (Å²) in [5.41, 5.74) is 0.660. The Kier molecular flexibility index (Phi) is 4.09. The number of halogens is 1. The number of ketones is 1. The van der Waals surface area contributed by atoms with Crippen molar-refractivity contribution in [2.45, 2.75) is 11.8 Å². The van der Waals surface area contributed by atoms with Crippen molar-refractivity contribution in [1.29, 1.82) is 0 Å². The molecule has 0 heterocycles. The second-order valence-corrected chi connectivity index (χ2v) is 6.50. The lowest BCUT2D eigenvalue weighted by atomic mass is 10.2. The average Bonchev–Trinajstić information content (AvgIpc) is 2.46. The van der Waals surface area contributed by atoms with Gasteiger partial charge in [0.2, 0.25) is 0 Å². The minimum Gasteiger partial charge on any atom is -0.295 e. The molecule has 0 N–H and O–H groups in total. The summed E-state index contributed by atoms with van der Waals surface area (Å²) in [4.78, 5) is 11.2. The smallest absolute Gasteiger partial charge is 0.264 e. The van der Waals surface area contributed by atoms with Crippen LogP contribution in [0.5, 0.6) is 0 Å². The molecule has 0 saturated carbocycles. The Morgan fingerprint density at radius 2 is 1.71 bits per heavy atom. The molecule has 4 nitrogen and oxygen atoms in total. The predicted molar refractivity (Wildman–Crippen MR) is 78.4 cm³/mol. The van der Waals surface area contributed by atoms with Crippen LogP contribution in [-0.4, -0.2) is 21.2 Å². The molecule has 0 fully saturated rings. The molecular formula is C15H14FNO3S. The Hall–Kier alpha value is -2.21. The van der Waals surface area contributed by atoms with Gasteiger partial charge in [0.15, 0.2) is 5.78 Å². The lowest BCUT2D eigenvalue weighted by molar-refractivity contribution is 0.101. The number of rotatable bonds is 4. The SMILES string of the molecule is CC(=O)c1ccc(S(=O)(=O)N(C)c2cccc(F)c2)cc1. The number of hydrogen-bond acceptors (Lipinski definition) is 3. The Morgan fingerprint density at radius 1 is 1.10 bits per heavy atom. The highest BCUT2D eigenvalue weighted by atomic mass is 32.2. The monoisotopic (exact) mass is 307 g/mol. The van der Waals surface area contributed by atoms with Gasteiger partial charge in [-0.2, -0.15) is 0 Å². The zero-order valence-corrected chi connectivity index (χ0v) is 12.4. The number of anilines is 1. The quantitative estimate of drug-likeness (QED) is 0.816. The second-order valence-electron chi connectivity index (χ2n) is 4.53. The van der Waals surface area contributed by atoms with Crippen LogP contribution in [0.15, 0.2) is 53.4 Å². The highest BCUT2D eigenvalue weighted by Crippen LogP contribution is 2.22. The van der Waals surface area contributed by atoms with Crippen molar-refractivity contribution in [3.63, 3.8) is 0 Å². The first-order chi connectivity index (χ1) is 9.82. The van der Waals surface area contributed by atoms with E-state index in [4.69, 9.17) is 0 Å². The fourth-order valence-electron chi connectivity index (χ4n) is 1.83. The molecule has 0 atom stereocenters. The minimum atomic E-state index is -3.80. The number of nitrogens with zero attached hydrogens (tertiary/aromatic N) is 1. The van der Waals surface area contributed by atoms with Gasteiger partial charge < -0.3 is 0 Å². The Balaban J connectivity index is 2.39. The van der Waals surface area contributed by atoms with E-state index in [1.807, 2.05) is 0 Å². The van der Waals surface area contributed by atoms with Crippen molar-refractivity contribution in [2.75, 3.05) is 11.4 Å². The molecule has 2 aromatic carbocycles. The first kappa shape index (κ1) is 15.2. The molecule has 2 aromatic rings. The van der Waals surface area contributed by atoms with Crippen LogP contribution < -0.4 is 4.31 Å². The Bertz CT molecular complexity index is 770. The van der Waals surface area contributed by atoms with E-state index < -0.39 is 15.8 Å². The van der Waals surface area contributed by atoms with E-state index in [1.165, 1.54) is 56.4 Å². The van der Waals surface area contributed by atoms with Gasteiger partial charge in [0, 0.05) is 12.6 Å². The van der Waals surface area contributed by atoms with Crippen molar-refractivity contribution >= 4 is 21.5 Å². The maximum Gasteiger partial charge on any atom is 0.264 e. The molecule has 0 bridgehead atoms. The summed E-state index contributed by atoms with van der Waals surface area (Å²) in [6.45, 7) is 1.41. The van der Waals surface area contributed by atoms with Gasteiger partial charge in [-0.05, 0) is 37.3 Å². The van der Waals surface area contributed by atoms with Crippen molar-refractivity contribution in [2.24, 2.45) is 0 Å². The van der Waals surface area contributed by atoms with E-state index in [2.05, 4.69) is 0 Å². The molecule has 21 heavy (non-hydrogen) atoms. The van der Waals surface area contributed by atoms with Crippen LogP contribution in [0.25, 0.3) is 0 Å². The van der Waals surface area contributed by atoms with E-state index in [-0.39, 0.29) is 16.4 Å². The zero-order chi connectivity index (χ0) is 15.6. The van der Waals surface area contributed by atoms with Crippen LogP contribution in [0.1, 0.15) is 17.3 Å². The summed E-state index contributed by atoms with van der Waals surface area (Å²) >= 11 is 0. The van der Waals surface area contributed by atoms with Crippen molar-refractivity contribution in [3.8, 4) is 0 Å². The molecular weight excluding hydrogens is 293 g/mol. The lowest BCUT2D eigenvalue weighted by Gasteiger charge is -2.19. The second kappa shape index (κ2) is 5.65. The van der Waals surface area contributed by atoms with Crippen molar-refractivity contribution in [1.82, 2.24) is 0 Å². The summed E-state index contributed by atoms with van der Waals surface area (Å²) < 4.78 is 39.1. The number of sulfonamides is 1. The van der Waals surface area contributed by atoms with Gasteiger partial charge >= 0.3 is 0 Å². The Labute approximate surface area is 122 Å². The van der Waals surface area contributed by atoms with E-state index in [0.29, 0.717) is 5.56 Å². The van der Waals surface area contributed by atoms with Crippen LogP contribution in [-0.2, 0) is 10.0 Å². The summed E-state index contributed by atoms with van der Waals surface area (Å²) in [7, 11) is -2.45. The number of benzene rings is 2. The molecule has 0 aliphatic heterocycles. The zero-order valence-electron chi connectivity index (χ0n) is 11.6. The minimum absolute atomic E-state index is 0.0410. The summed E-state index contributed by atoms with van der Waals surface area (Å²) in [6.07, 6.45) is 0. The molecule has 0 spiro atoms. The van der Waals surface area contributed by atoms with E-state index in [9.17, 15) is 17.6 Å². The molecule has 0 amide bonds. The molecule has 0 unspecified atom stereocenters. The van der Waals surface area contributed by atoms with Crippen LogP contribution in [0, 0.1) is 5.82 Å². The molecule has 110 valence electrons. The first-order valence-corrected chi connectivity index (χ1v) is 7.62. The highest BCUT2D eigenvalue weighted by molar-refractivity contribution is 7.92.